The SMILES string of the molecule is C1=NCCN1.CCOS(=O)(=O)O. The molecule has 0 aliphatic carbocycles. The van der Waals surface area contributed by atoms with Gasteiger partial charge in [0.2, 0.25) is 0 Å². The first-order valence-corrected chi connectivity index (χ1v) is 4.76. The Balaban J connectivity index is 0.000000211. The molecular weight excluding hydrogens is 184 g/mol. The molecule has 2 N–H and O–H groups in total. The molecule has 0 saturated heterocycles. The maximum absolute atomic E-state index is 9.56. The number of aliphatic imine (C=N–C) groups is 1. The van der Waals surface area contributed by atoms with E-state index >= 15 is 0 Å². The van der Waals surface area contributed by atoms with Gasteiger partial charge >= 0.3 is 10.4 Å². The van der Waals surface area contributed by atoms with Gasteiger partial charge in [0.05, 0.1) is 19.5 Å². The molecule has 6 nitrogen and oxygen atoms in total. The lowest BCUT2D eigenvalue weighted by Crippen LogP contribution is -2.04. The Labute approximate surface area is 71.6 Å². The molecule has 0 aromatic rings. The molecule has 12 heavy (non-hydrogen) atoms. The van der Waals surface area contributed by atoms with E-state index in [-0.39, 0.29) is 6.61 Å². The number of nitrogens with one attached hydrogen (secondary N) is 1. The van der Waals surface area contributed by atoms with E-state index in [1.807, 2.05) is 0 Å². The van der Waals surface area contributed by atoms with Crippen LogP contribution in [-0.4, -0.2) is 39.0 Å². The molecule has 72 valence electrons. The van der Waals surface area contributed by atoms with Crippen LogP contribution in [0.4, 0.5) is 0 Å². The third-order valence-electron chi connectivity index (χ3n) is 0.835. The van der Waals surface area contributed by atoms with Gasteiger partial charge in [-0.05, 0) is 6.92 Å². The molecule has 1 heterocycles. The summed E-state index contributed by atoms with van der Waals surface area (Å²) in [5, 5.41) is 2.93. The van der Waals surface area contributed by atoms with E-state index in [1.54, 1.807) is 6.34 Å². The van der Waals surface area contributed by atoms with Crippen molar-refractivity contribution in [3.05, 3.63) is 0 Å². The standard InChI is InChI=1S/C3H6N2.C2H6O4S/c1-2-5-3-4-1;1-2-6-7(3,4)5/h3H,1-2H2,(H,4,5);2H2,1H3,(H,3,4,5). The maximum atomic E-state index is 9.56. The Kier molecular flexibility index (Phi) is 5.60. The first kappa shape index (κ1) is 11.3. The summed E-state index contributed by atoms with van der Waals surface area (Å²) in [7, 11) is -4.17. The Bertz CT molecular complexity index is 218. The average molecular weight is 196 g/mol. The normalized spacial score (nSPS) is 14.8. The van der Waals surface area contributed by atoms with Crippen LogP contribution in [0.2, 0.25) is 0 Å². The van der Waals surface area contributed by atoms with E-state index in [0.717, 1.165) is 13.1 Å². The molecule has 0 fully saturated rings. The number of rotatable bonds is 2. The summed E-state index contributed by atoms with van der Waals surface area (Å²) in [6.07, 6.45) is 1.74. The molecule has 0 spiro atoms. The summed E-state index contributed by atoms with van der Waals surface area (Å²) in [6, 6.07) is 0. The van der Waals surface area contributed by atoms with Crippen molar-refractivity contribution >= 4 is 16.7 Å². The van der Waals surface area contributed by atoms with E-state index in [9.17, 15) is 8.42 Å². The molecule has 1 aliphatic heterocycles. The molecule has 0 aromatic heterocycles. The highest BCUT2D eigenvalue weighted by atomic mass is 32.3. The second kappa shape index (κ2) is 5.92. The Morgan fingerprint density at radius 3 is 2.50 bits per heavy atom. The van der Waals surface area contributed by atoms with Gasteiger partial charge in [0.1, 0.15) is 0 Å². The van der Waals surface area contributed by atoms with Crippen LogP contribution in [0.3, 0.4) is 0 Å². The predicted octanol–water partition coefficient (Wildman–Crippen LogP) is -0.556. The second-order valence-corrected chi connectivity index (χ2v) is 2.91. The first-order valence-electron chi connectivity index (χ1n) is 3.40. The molecule has 0 radical (unpaired) electrons. The molecular formula is C5H12N2O4S. The smallest absolute Gasteiger partial charge is 0.375 e. The lowest BCUT2D eigenvalue weighted by Gasteiger charge is -1.88. The van der Waals surface area contributed by atoms with Gasteiger partial charge in [-0.3, -0.25) is 9.55 Å². The molecule has 1 rings (SSSR count). The van der Waals surface area contributed by atoms with Gasteiger partial charge in [-0.2, -0.15) is 8.42 Å². The monoisotopic (exact) mass is 196 g/mol. The first-order chi connectivity index (χ1) is 5.56. The van der Waals surface area contributed by atoms with E-state index in [1.165, 1.54) is 6.92 Å². The highest BCUT2D eigenvalue weighted by molar-refractivity contribution is 7.80. The van der Waals surface area contributed by atoms with Gasteiger partial charge in [-0.15, -0.1) is 0 Å². The van der Waals surface area contributed by atoms with Crippen molar-refractivity contribution in [3.8, 4) is 0 Å². The quantitative estimate of drug-likeness (QED) is 0.578. The minimum Gasteiger partial charge on any atom is -0.375 e. The zero-order chi connectivity index (χ0) is 9.45. The van der Waals surface area contributed by atoms with E-state index in [4.69, 9.17) is 4.55 Å². The fraction of sp³-hybridized carbons (Fsp3) is 0.800. The lowest BCUT2D eigenvalue weighted by atomic mass is 10.7. The van der Waals surface area contributed by atoms with Crippen molar-refractivity contribution < 1.29 is 17.2 Å². The average Bonchev–Trinajstić information content (AvgIpc) is 2.38. The molecule has 1 aliphatic rings. The molecule has 0 unspecified atom stereocenters. The Morgan fingerprint density at radius 1 is 1.75 bits per heavy atom. The van der Waals surface area contributed by atoms with Crippen molar-refractivity contribution in [1.29, 1.82) is 0 Å². The third-order valence-corrected chi connectivity index (χ3v) is 1.37. The summed E-state index contributed by atoms with van der Waals surface area (Å²) in [4.78, 5) is 3.85. The summed E-state index contributed by atoms with van der Waals surface area (Å²) >= 11 is 0. The van der Waals surface area contributed by atoms with Crippen LogP contribution in [0.5, 0.6) is 0 Å². The van der Waals surface area contributed by atoms with E-state index in [0.29, 0.717) is 0 Å². The molecule has 0 atom stereocenters. The zero-order valence-electron chi connectivity index (χ0n) is 6.73. The maximum Gasteiger partial charge on any atom is 0.397 e. The van der Waals surface area contributed by atoms with Crippen LogP contribution in [-0.2, 0) is 14.6 Å². The van der Waals surface area contributed by atoms with Crippen LogP contribution in [0.15, 0.2) is 4.99 Å². The van der Waals surface area contributed by atoms with Gasteiger partial charge in [0.15, 0.2) is 0 Å². The fourth-order valence-electron chi connectivity index (χ4n) is 0.472. The summed E-state index contributed by atoms with van der Waals surface area (Å²) in [5.74, 6) is 0. The summed E-state index contributed by atoms with van der Waals surface area (Å²) in [5.41, 5.74) is 0. The predicted molar refractivity (Wildman–Crippen MR) is 44.5 cm³/mol. The van der Waals surface area contributed by atoms with Crippen molar-refractivity contribution in [1.82, 2.24) is 5.32 Å². The molecule has 0 bridgehead atoms. The van der Waals surface area contributed by atoms with Crippen molar-refractivity contribution in [2.75, 3.05) is 19.7 Å². The minimum atomic E-state index is -4.17. The largest absolute Gasteiger partial charge is 0.397 e. The van der Waals surface area contributed by atoms with Crippen LogP contribution in [0.1, 0.15) is 6.92 Å². The topological polar surface area (TPSA) is 88.0 Å². The minimum absolute atomic E-state index is 0.0289. The van der Waals surface area contributed by atoms with Crippen molar-refractivity contribution in [3.63, 3.8) is 0 Å². The van der Waals surface area contributed by atoms with Gasteiger partial charge in [0, 0.05) is 6.54 Å². The summed E-state index contributed by atoms with van der Waals surface area (Å²) in [6.45, 7) is 3.42. The third kappa shape index (κ3) is 9.34. The Hall–Kier alpha value is -0.660. The van der Waals surface area contributed by atoms with Gasteiger partial charge < -0.3 is 5.32 Å². The van der Waals surface area contributed by atoms with Crippen molar-refractivity contribution in [2.24, 2.45) is 4.99 Å². The van der Waals surface area contributed by atoms with Crippen LogP contribution >= 0.6 is 0 Å². The van der Waals surface area contributed by atoms with Gasteiger partial charge in [0.25, 0.3) is 0 Å². The van der Waals surface area contributed by atoms with Gasteiger partial charge in [-0.25, -0.2) is 4.18 Å². The highest BCUT2D eigenvalue weighted by Crippen LogP contribution is 1.81. The van der Waals surface area contributed by atoms with Crippen LogP contribution in [0.25, 0.3) is 0 Å². The molecule has 0 saturated carbocycles. The lowest BCUT2D eigenvalue weighted by molar-refractivity contribution is 0.283. The van der Waals surface area contributed by atoms with E-state index in [2.05, 4.69) is 14.5 Å². The number of nitrogens with zero attached hydrogens (tertiary/aromatic N) is 1. The molecule has 0 aromatic carbocycles. The van der Waals surface area contributed by atoms with Crippen LogP contribution < -0.4 is 5.32 Å². The number of hydrogen-bond acceptors (Lipinski definition) is 5. The highest BCUT2D eigenvalue weighted by Gasteiger charge is 1.98. The van der Waals surface area contributed by atoms with Crippen LogP contribution in [0, 0.1) is 0 Å². The van der Waals surface area contributed by atoms with Gasteiger partial charge in [-0.1, -0.05) is 0 Å². The second-order valence-electron chi connectivity index (χ2n) is 1.82. The molecule has 0 amide bonds. The molecule has 7 heteroatoms. The number of hydrogen-bond donors (Lipinski definition) is 2. The summed E-state index contributed by atoms with van der Waals surface area (Å²) < 4.78 is 30.7. The van der Waals surface area contributed by atoms with E-state index < -0.39 is 10.4 Å². The zero-order valence-corrected chi connectivity index (χ0v) is 7.54. The Morgan fingerprint density at radius 2 is 2.42 bits per heavy atom. The fourth-order valence-corrected chi connectivity index (χ4v) is 0.770. The van der Waals surface area contributed by atoms with Crippen molar-refractivity contribution in [2.45, 2.75) is 6.92 Å².